The van der Waals surface area contributed by atoms with Gasteiger partial charge in [0.1, 0.15) is 12.1 Å². The standard InChI is InChI=1S/C18H22N4O2/c1-3-24-16-10-15(20-12-21-16)19-11-14-9-17(23)22(2)18(14)13-7-5-4-6-8-13/h4-8,10,12,14,18H,3,9,11H2,1-2H3,(H,19,20,21). The average Bonchev–Trinajstić information content (AvgIpc) is 2.89. The molecule has 2 unspecified atom stereocenters. The quantitative estimate of drug-likeness (QED) is 0.883. The van der Waals surface area contributed by atoms with Crippen LogP contribution >= 0.6 is 0 Å². The second kappa shape index (κ2) is 7.29. The molecule has 1 amide bonds. The number of anilines is 1. The summed E-state index contributed by atoms with van der Waals surface area (Å²) in [5, 5.41) is 3.32. The topological polar surface area (TPSA) is 67.3 Å². The second-order valence-electron chi connectivity index (χ2n) is 5.88. The fourth-order valence-corrected chi connectivity index (χ4v) is 3.18. The van der Waals surface area contributed by atoms with Crippen molar-refractivity contribution in [3.05, 3.63) is 48.3 Å². The molecule has 126 valence electrons. The van der Waals surface area contributed by atoms with E-state index in [1.807, 2.05) is 37.1 Å². The molecule has 1 aromatic carbocycles. The molecule has 2 atom stereocenters. The van der Waals surface area contributed by atoms with E-state index < -0.39 is 0 Å². The van der Waals surface area contributed by atoms with Crippen molar-refractivity contribution in [2.75, 3.05) is 25.5 Å². The number of aromatic nitrogens is 2. The maximum absolute atomic E-state index is 12.2. The van der Waals surface area contributed by atoms with E-state index in [9.17, 15) is 4.79 Å². The summed E-state index contributed by atoms with van der Waals surface area (Å²) in [7, 11) is 1.87. The minimum Gasteiger partial charge on any atom is -0.478 e. The number of hydrogen-bond donors (Lipinski definition) is 1. The molecule has 0 aliphatic carbocycles. The SMILES string of the molecule is CCOc1cc(NCC2CC(=O)N(C)C2c2ccccc2)ncn1. The molecule has 6 nitrogen and oxygen atoms in total. The lowest BCUT2D eigenvalue weighted by Gasteiger charge is -2.25. The highest BCUT2D eigenvalue weighted by Gasteiger charge is 2.38. The van der Waals surface area contributed by atoms with Crippen molar-refractivity contribution in [3.8, 4) is 5.88 Å². The van der Waals surface area contributed by atoms with E-state index in [2.05, 4.69) is 27.4 Å². The monoisotopic (exact) mass is 326 g/mol. The molecule has 0 saturated carbocycles. The molecule has 0 spiro atoms. The number of nitrogens with one attached hydrogen (secondary N) is 1. The molecule has 6 heteroatoms. The summed E-state index contributed by atoms with van der Waals surface area (Å²) in [6, 6.07) is 12.0. The normalized spacial score (nSPS) is 20.2. The second-order valence-corrected chi connectivity index (χ2v) is 5.88. The van der Waals surface area contributed by atoms with Gasteiger partial charge in [-0.1, -0.05) is 30.3 Å². The van der Waals surface area contributed by atoms with Crippen LogP contribution < -0.4 is 10.1 Å². The van der Waals surface area contributed by atoms with E-state index in [1.165, 1.54) is 6.33 Å². The molecule has 1 N–H and O–H groups in total. The van der Waals surface area contributed by atoms with Crippen LogP contribution in [0, 0.1) is 5.92 Å². The molecule has 1 aliphatic heterocycles. The lowest BCUT2D eigenvalue weighted by molar-refractivity contribution is -0.127. The molecular weight excluding hydrogens is 304 g/mol. The predicted octanol–water partition coefficient (Wildman–Crippen LogP) is 2.51. The number of rotatable bonds is 6. The predicted molar refractivity (Wildman–Crippen MR) is 91.8 cm³/mol. The lowest BCUT2D eigenvalue weighted by atomic mass is 9.93. The molecule has 3 rings (SSSR count). The third kappa shape index (κ3) is 3.48. The van der Waals surface area contributed by atoms with Gasteiger partial charge < -0.3 is 15.0 Å². The first-order valence-corrected chi connectivity index (χ1v) is 8.18. The number of carbonyl (C=O) groups excluding carboxylic acids is 1. The van der Waals surface area contributed by atoms with Gasteiger partial charge in [-0.15, -0.1) is 0 Å². The van der Waals surface area contributed by atoms with Crippen LogP contribution in [0.15, 0.2) is 42.7 Å². The number of benzene rings is 1. The fourth-order valence-electron chi connectivity index (χ4n) is 3.18. The molecule has 24 heavy (non-hydrogen) atoms. The van der Waals surface area contributed by atoms with Crippen LogP contribution in [-0.2, 0) is 4.79 Å². The van der Waals surface area contributed by atoms with Crippen molar-refractivity contribution in [2.24, 2.45) is 5.92 Å². The van der Waals surface area contributed by atoms with Gasteiger partial charge >= 0.3 is 0 Å². The summed E-state index contributed by atoms with van der Waals surface area (Å²) in [6.07, 6.45) is 2.01. The Hall–Kier alpha value is -2.63. The van der Waals surface area contributed by atoms with Crippen molar-refractivity contribution >= 4 is 11.7 Å². The third-order valence-electron chi connectivity index (χ3n) is 4.31. The van der Waals surface area contributed by atoms with Crippen LogP contribution in [0.4, 0.5) is 5.82 Å². The maximum Gasteiger partial charge on any atom is 0.223 e. The Morgan fingerprint density at radius 1 is 1.29 bits per heavy atom. The first-order valence-electron chi connectivity index (χ1n) is 8.18. The van der Waals surface area contributed by atoms with E-state index in [1.54, 1.807) is 6.07 Å². The first-order chi connectivity index (χ1) is 11.7. The van der Waals surface area contributed by atoms with E-state index in [4.69, 9.17) is 4.74 Å². The van der Waals surface area contributed by atoms with Crippen LogP contribution in [0.25, 0.3) is 0 Å². The number of likely N-dealkylation sites (tertiary alicyclic amines) is 1. The fraction of sp³-hybridized carbons (Fsp3) is 0.389. The van der Waals surface area contributed by atoms with Crippen molar-refractivity contribution in [1.29, 1.82) is 0 Å². The van der Waals surface area contributed by atoms with Crippen molar-refractivity contribution < 1.29 is 9.53 Å². The maximum atomic E-state index is 12.2. The molecule has 2 aromatic rings. The number of ether oxygens (including phenoxy) is 1. The minimum atomic E-state index is 0.0828. The lowest BCUT2D eigenvalue weighted by Crippen LogP contribution is -2.26. The van der Waals surface area contributed by atoms with Gasteiger partial charge in [0.15, 0.2) is 0 Å². The third-order valence-corrected chi connectivity index (χ3v) is 4.31. The van der Waals surface area contributed by atoms with Crippen LogP contribution in [-0.4, -0.2) is 41.0 Å². The zero-order valence-corrected chi connectivity index (χ0v) is 14.0. The summed E-state index contributed by atoms with van der Waals surface area (Å²) in [5.74, 6) is 1.63. The van der Waals surface area contributed by atoms with Gasteiger partial charge in [0.2, 0.25) is 11.8 Å². The average molecular weight is 326 g/mol. The summed E-state index contributed by atoms with van der Waals surface area (Å²) in [4.78, 5) is 22.3. The highest BCUT2D eigenvalue weighted by atomic mass is 16.5. The Kier molecular flexibility index (Phi) is 4.93. The molecule has 1 saturated heterocycles. The minimum absolute atomic E-state index is 0.0828. The van der Waals surface area contributed by atoms with Crippen LogP contribution in [0.3, 0.4) is 0 Å². The van der Waals surface area contributed by atoms with Crippen molar-refractivity contribution in [2.45, 2.75) is 19.4 Å². The first kappa shape index (κ1) is 16.2. The molecule has 2 heterocycles. The Morgan fingerprint density at radius 2 is 2.08 bits per heavy atom. The molecule has 0 radical (unpaired) electrons. The van der Waals surface area contributed by atoms with E-state index >= 15 is 0 Å². The zero-order valence-electron chi connectivity index (χ0n) is 14.0. The van der Waals surface area contributed by atoms with Crippen molar-refractivity contribution in [1.82, 2.24) is 14.9 Å². The Balaban J connectivity index is 1.71. The molecule has 0 bridgehead atoms. The summed E-state index contributed by atoms with van der Waals surface area (Å²) in [6.45, 7) is 3.15. The van der Waals surface area contributed by atoms with Gasteiger partial charge in [0.05, 0.1) is 12.6 Å². The van der Waals surface area contributed by atoms with Gasteiger partial charge in [-0.05, 0) is 12.5 Å². The number of nitrogens with zero attached hydrogens (tertiary/aromatic N) is 3. The van der Waals surface area contributed by atoms with Gasteiger partial charge in [-0.2, -0.15) is 0 Å². The molecule has 1 aliphatic rings. The van der Waals surface area contributed by atoms with Gasteiger partial charge in [-0.25, -0.2) is 9.97 Å². The molecule has 1 aromatic heterocycles. The number of amides is 1. The van der Waals surface area contributed by atoms with E-state index in [-0.39, 0.29) is 17.9 Å². The Morgan fingerprint density at radius 3 is 2.83 bits per heavy atom. The summed E-state index contributed by atoms with van der Waals surface area (Å²) < 4.78 is 5.39. The van der Waals surface area contributed by atoms with Crippen molar-refractivity contribution in [3.63, 3.8) is 0 Å². The van der Waals surface area contributed by atoms with E-state index in [0.29, 0.717) is 31.3 Å². The number of carbonyl (C=O) groups is 1. The number of hydrogen-bond acceptors (Lipinski definition) is 5. The van der Waals surface area contributed by atoms with Crippen LogP contribution in [0.1, 0.15) is 24.9 Å². The largest absolute Gasteiger partial charge is 0.478 e. The summed E-state index contributed by atoms with van der Waals surface area (Å²) >= 11 is 0. The Bertz CT molecular complexity index is 692. The Labute approximate surface area is 141 Å². The highest BCUT2D eigenvalue weighted by molar-refractivity contribution is 5.79. The van der Waals surface area contributed by atoms with E-state index in [0.717, 1.165) is 5.56 Å². The smallest absolute Gasteiger partial charge is 0.223 e. The van der Waals surface area contributed by atoms with Gasteiger partial charge in [-0.3, -0.25) is 4.79 Å². The summed E-state index contributed by atoms with van der Waals surface area (Å²) in [5.41, 5.74) is 1.16. The van der Waals surface area contributed by atoms with Gasteiger partial charge in [0.25, 0.3) is 0 Å². The molecule has 1 fully saturated rings. The zero-order chi connectivity index (χ0) is 16.9. The molecular formula is C18H22N4O2. The van der Waals surface area contributed by atoms with Crippen LogP contribution in [0.2, 0.25) is 0 Å². The van der Waals surface area contributed by atoms with Gasteiger partial charge in [0, 0.05) is 32.0 Å². The van der Waals surface area contributed by atoms with Crippen LogP contribution in [0.5, 0.6) is 5.88 Å². The highest BCUT2D eigenvalue weighted by Crippen LogP contribution is 2.36.